The van der Waals surface area contributed by atoms with Crippen molar-refractivity contribution in [2.45, 2.75) is 13.3 Å². The zero-order chi connectivity index (χ0) is 16.4. The van der Waals surface area contributed by atoms with Crippen LogP contribution in [0.2, 0.25) is 0 Å². The number of sulfonamides is 2. The number of hydrogen-bond donors (Lipinski definition) is 1. The minimum atomic E-state index is -3.53. The first-order valence-corrected chi connectivity index (χ1v) is 10.1. The number of anilines is 2. The molecule has 1 aromatic carbocycles. The summed E-state index contributed by atoms with van der Waals surface area (Å²) >= 11 is 0. The van der Waals surface area contributed by atoms with E-state index in [9.17, 15) is 16.8 Å². The Morgan fingerprint density at radius 2 is 2.09 bits per heavy atom. The van der Waals surface area contributed by atoms with Gasteiger partial charge in [-0.25, -0.2) is 16.8 Å². The van der Waals surface area contributed by atoms with Gasteiger partial charge in [0.15, 0.2) is 0 Å². The van der Waals surface area contributed by atoms with E-state index in [1.54, 1.807) is 25.1 Å². The van der Waals surface area contributed by atoms with Crippen LogP contribution in [0.3, 0.4) is 0 Å². The summed E-state index contributed by atoms with van der Waals surface area (Å²) in [5.74, 6) is -0.0367. The lowest BCUT2D eigenvalue weighted by Crippen LogP contribution is -2.25. The summed E-state index contributed by atoms with van der Waals surface area (Å²) in [6.07, 6.45) is 0.575. The van der Waals surface area contributed by atoms with E-state index in [1.165, 1.54) is 11.4 Å². The Bertz CT molecular complexity index is 744. The van der Waals surface area contributed by atoms with Crippen LogP contribution in [0, 0.1) is 6.92 Å². The van der Waals surface area contributed by atoms with Crippen molar-refractivity contribution >= 4 is 31.4 Å². The minimum Gasteiger partial charge on any atom is -0.384 e. The number of hydrogen-bond acceptors (Lipinski definition) is 5. The highest BCUT2D eigenvalue weighted by Crippen LogP contribution is 2.29. The standard InChI is InChI=1S/C13H20N2O5S2/c1-11-4-5-12(15-6-3-8-22(15,18)19)10-13(11)14-21(16,17)9-7-20-2/h4-5,10,14H,3,6-9H2,1-2H3. The van der Waals surface area contributed by atoms with Gasteiger partial charge in [-0.1, -0.05) is 6.07 Å². The highest BCUT2D eigenvalue weighted by Gasteiger charge is 2.28. The minimum absolute atomic E-state index is 0.0918. The molecule has 7 nitrogen and oxygen atoms in total. The van der Waals surface area contributed by atoms with Crippen LogP contribution in [-0.4, -0.2) is 48.6 Å². The molecule has 0 aromatic heterocycles. The first kappa shape index (κ1) is 17.0. The summed E-state index contributed by atoms with van der Waals surface area (Å²) in [7, 11) is -5.39. The summed E-state index contributed by atoms with van der Waals surface area (Å²) in [4.78, 5) is 0. The Labute approximate surface area is 131 Å². The Morgan fingerprint density at radius 3 is 2.68 bits per heavy atom. The van der Waals surface area contributed by atoms with E-state index in [0.29, 0.717) is 24.3 Å². The topological polar surface area (TPSA) is 92.8 Å². The van der Waals surface area contributed by atoms with Crippen molar-refractivity contribution in [2.24, 2.45) is 0 Å². The molecular formula is C13H20N2O5S2. The number of nitrogens with one attached hydrogen (secondary N) is 1. The van der Waals surface area contributed by atoms with Crippen molar-refractivity contribution in [2.75, 3.05) is 40.8 Å². The SMILES string of the molecule is COCCS(=O)(=O)Nc1cc(N2CCCS2(=O)=O)ccc1C. The molecule has 124 valence electrons. The van der Waals surface area contributed by atoms with E-state index in [4.69, 9.17) is 4.74 Å². The molecule has 1 aliphatic heterocycles. The van der Waals surface area contributed by atoms with Gasteiger partial charge in [0.05, 0.1) is 29.5 Å². The fraction of sp³-hybridized carbons (Fsp3) is 0.538. The van der Waals surface area contributed by atoms with Crippen molar-refractivity contribution in [3.63, 3.8) is 0 Å². The molecule has 0 amide bonds. The first-order chi connectivity index (χ1) is 10.2. The van der Waals surface area contributed by atoms with Gasteiger partial charge in [-0.05, 0) is 31.0 Å². The monoisotopic (exact) mass is 348 g/mol. The van der Waals surface area contributed by atoms with Gasteiger partial charge in [0.2, 0.25) is 20.0 Å². The molecule has 9 heteroatoms. The Kier molecular flexibility index (Phi) is 4.98. The van der Waals surface area contributed by atoms with Gasteiger partial charge in [0.25, 0.3) is 0 Å². The molecule has 1 fully saturated rings. The van der Waals surface area contributed by atoms with Crippen molar-refractivity contribution in [3.8, 4) is 0 Å². The quantitative estimate of drug-likeness (QED) is 0.825. The zero-order valence-corrected chi connectivity index (χ0v) is 14.2. The lowest BCUT2D eigenvalue weighted by atomic mass is 10.2. The molecule has 0 radical (unpaired) electrons. The molecule has 0 unspecified atom stereocenters. The van der Waals surface area contributed by atoms with E-state index in [-0.39, 0.29) is 18.1 Å². The molecule has 2 rings (SSSR count). The lowest BCUT2D eigenvalue weighted by Gasteiger charge is -2.19. The van der Waals surface area contributed by atoms with Crippen molar-refractivity contribution in [1.29, 1.82) is 0 Å². The third kappa shape index (κ3) is 3.90. The van der Waals surface area contributed by atoms with Crippen molar-refractivity contribution in [1.82, 2.24) is 0 Å². The summed E-state index contributed by atoms with van der Waals surface area (Å²) in [6.45, 7) is 2.27. The number of ether oxygens (including phenoxy) is 1. The van der Waals surface area contributed by atoms with E-state index >= 15 is 0 Å². The second-order valence-corrected chi connectivity index (χ2v) is 9.01. The van der Waals surface area contributed by atoms with Crippen molar-refractivity contribution in [3.05, 3.63) is 23.8 Å². The zero-order valence-electron chi connectivity index (χ0n) is 12.6. The van der Waals surface area contributed by atoms with Crippen LogP contribution >= 0.6 is 0 Å². The normalized spacial score (nSPS) is 17.6. The molecule has 1 aliphatic rings. The van der Waals surface area contributed by atoms with Crippen LogP contribution in [0.4, 0.5) is 11.4 Å². The van der Waals surface area contributed by atoms with Crippen LogP contribution in [0.1, 0.15) is 12.0 Å². The van der Waals surface area contributed by atoms with E-state index in [0.717, 1.165) is 5.56 Å². The fourth-order valence-corrected chi connectivity index (χ4v) is 4.82. The second-order valence-electron chi connectivity index (χ2n) is 5.15. The smallest absolute Gasteiger partial charge is 0.235 e. The van der Waals surface area contributed by atoms with Crippen LogP contribution < -0.4 is 9.03 Å². The van der Waals surface area contributed by atoms with Gasteiger partial charge in [-0.15, -0.1) is 0 Å². The Hall–Kier alpha value is -1.32. The van der Waals surface area contributed by atoms with E-state index in [2.05, 4.69) is 4.72 Å². The number of aryl methyl sites for hydroxylation is 1. The molecule has 1 heterocycles. The average molecular weight is 348 g/mol. The van der Waals surface area contributed by atoms with Gasteiger partial charge in [0.1, 0.15) is 0 Å². The number of methoxy groups -OCH3 is 1. The molecule has 0 spiro atoms. The highest BCUT2D eigenvalue weighted by molar-refractivity contribution is 7.93. The third-order valence-electron chi connectivity index (χ3n) is 3.43. The molecule has 22 heavy (non-hydrogen) atoms. The van der Waals surface area contributed by atoms with Gasteiger partial charge in [0, 0.05) is 13.7 Å². The number of benzene rings is 1. The van der Waals surface area contributed by atoms with Gasteiger partial charge in [-0.2, -0.15) is 0 Å². The molecular weight excluding hydrogens is 328 g/mol. The predicted octanol–water partition coefficient (Wildman–Crippen LogP) is 0.923. The molecule has 1 N–H and O–H groups in total. The second kappa shape index (κ2) is 6.43. The van der Waals surface area contributed by atoms with Crippen LogP contribution in [0.15, 0.2) is 18.2 Å². The summed E-state index contributed by atoms with van der Waals surface area (Å²) in [5, 5.41) is 0. The van der Waals surface area contributed by atoms with Crippen LogP contribution in [0.25, 0.3) is 0 Å². The van der Waals surface area contributed by atoms with Gasteiger partial charge >= 0.3 is 0 Å². The van der Waals surface area contributed by atoms with Gasteiger partial charge < -0.3 is 4.74 Å². The number of rotatable bonds is 6. The maximum Gasteiger partial charge on any atom is 0.235 e. The fourth-order valence-electron chi connectivity index (χ4n) is 2.22. The number of nitrogens with zero attached hydrogens (tertiary/aromatic N) is 1. The van der Waals surface area contributed by atoms with Crippen molar-refractivity contribution < 1.29 is 21.6 Å². The van der Waals surface area contributed by atoms with E-state index in [1.807, 2.05) is 0 Å². The predicted molar refractivity (Wildman–Crippen MR) is 86.2 cm³/mol. The molecule has 1 aromatic rings. The van der Waals surface area contributed by atoms with Crippen LogP contribution in [-0.2, 0) is 24.8 Å². The Balaban J connectivity index is 2.28. The highest BCUT2D eigenvalue weighted by atomic mass is 32.2. The third-order valence-corrected chi connectivity index (χ3v) is 6.53. The van der Waals surface area contributed by atoms with E-state index < -0.39 is 20.0 Å². The Morgan fingerprint density at radius 1 is 1.36 bits per heavy atom. The largest absolute Gasteiger partial charge is 0.384 e. The van der Waals surface area contributed by atoms with Gasteiger partial charge in [-0.3, -0.25) is 9.03 Å². The summed E-state index contributed by atoms with van der Waals surface area (Å²) in [6, 6.07) is 4.95. The molecule has 0 bridgehead atoms. The average Bonchev–Trinajstić information content (AvgIpc) is 2.78. The first-order valence-electron chi connectivity index (χ1n) is 6.86. The maximum absolute atomic E-state index is 12.0. The molecule has 0 atom stereocenters. The maximum atomic E-state index is 12.0. The summed E-state index contributed by atoms with van der Waals surface area (Å²) < 4.78 is 56.4. The molecule has 1 saturated heterocycles. The molecule has 0 aliphatic carbocycles. The van der Waals surface area contributed by atoms with Crippen LogP contribution in [0.5, 0.6) is 0 Å². The summed E-state index contributed by atoms with van der Waals surface area (Å²) in [5.41, 5.74) is 1.59. The lowest BCUT2D eigenvalue weighted by molar-refractivity contribution is 0.217. The molecule has 0 saturated carbocycles.